The Hall–Kier alpha value is -10.1. The molecule has 0 unspecified atom stereocenters. The number of benzene rings is 11. The van der Waals surface area contributed by atoms with Crippen molar-refractivity contribution in [2.24, 2.45) is 0 Å². The van der Waals surface area contributed by atoms with Crippen LogP contribution >= 0.6 is 11.3 Å². The summed E-state index contributed by atoms with van der Waals surface area (Å²) in [6.45, 7) is 4.68. The van der Waals surface area contributed by atoms with Gasteiger partial charge in [-0.3, -0.25) is 19.1 Å². The summed E-state index contributed by atoms with van der Waals surface area (Å²) in [5, 5.41) is 9.55. The molecule has 0 aliphatic heterocycles. The van der Waals surface area contributed by atoms with Gasteiger partial charge in [0.2, 0.25) is 0 Å². The minimum Gasteiger partial charge on any atom is -0.293 e. The zero-order valence-electron chi connectivity index (χ0n) is 43.2. The second kappa shape index (κ2) is 17.7. The van der Waals surface area contributed by atoms with Crippen LogP contribution in [-0.4, -0.2) is 29.1 Å². The molecule has 0 fully saturated rings. The first kappa shape index (κ1) is 45.1. The van der Waals surface area contributed by atoms with E-state index in [1.165, 1.54) is 97.4 Å². The van der Waals surface area contributed by atoms with Crippen LogP contribution in [0.15, 0.2) is 243 Å². The van der Waals surface area contributed by atoms with E-state index in [0.717, 1.165) is 66.6 Å². The summed E-state index contributed by atoms with van der Waals surface area (Å²) in [5.74, 6) is 0. The molecule has 370 valence electrons. The minimum atomic E-state index is 0.841. The van der Waals surface area contributed by atoms with Crippen molar-refractivity contribution < 1.29 is 0 Å². The molecule has 0 saturated carbocycles. The number of rotatable bonds is 7. The second-order valence-corrected chi connectivity index (χ2v) is 21.6. The highest BCUT2D eigenvalue weighted by atomic mass is 32.1. The summed E-state index contributed by atoms with van der Waals surface area (Å²) < 4.78 is 7.01. The highest BCUT2D eigenvalue weighted by Crippen LogP contribution is 2.53. The molecule has 0 saturated heterocycles. The molecule has 79 heavy (non-hydrogen) atoms. The fraction of sp³-hybridized carbons (Fsp3) is 0.0278. The van der Waals surface area contributed by atoms with Crippen LogP contribution in [0.1, 0.15) is 11.1 Å². The minimum absolute atomic E-state index is 0.841. The molecule has 0 aliphatic carbocycles. The molecule has 16 aromatic rings. The Bertz CT molecular complexity index is 5150. The molecule has 11 aromatic carbocycles. The Kier molecular flexibility index (Phi) is 10.1. The number of aryl methyl sites for hydroxylation is 2. The van der Waals surface area contributed by atoms with Crippen molar-refractivity contribution in [1.29, 1.82) is 0 Å². The SMILES string of the molecule is Cc1c(-c2ccc3c(c2)c2nccnc2n3-c2ccccc2)cc(-c2cccc3ccccc23)c2sc3c(-c4ccc(-c5ccc6c(c5)c5nccnc5n6-c5ccccc5)c5ccccc45)cc(-c4ccccc4)c(C)c3c12. The van der Waals surface area contributed by atoms with E-state index in [2.05, 4.69) is 235 Å². The molecule has 7 heteroatoms. The fourth-order valence-corrected chi connectivity index (χ4v) is 14.2. The normalized spacial score (nSPS) is 11.9. The smallest absolute Gasteiger partial charge is 0.164 e. The number of thiophene rings is 1. The molecule has 0 amide bonds. The lowest BCUT2D eigenvalue weighted by Gasteiger charge is -2.17. The number of para-hydroxylation sites is 2. The molecule has 0 spiro atoms. The maximum Gasteiger partial charge on any atom is 0.164 e. The van der Waals surface area contributed by atoms with E-state index < -0.39 is 0 Å². The van der Waals surface area contributed by atoms with Crippen LogP contribution < -0.4 is 0 Å². The lowest BCUT2D eigenvalue weighted by Crippen LogP contribution is -1.95. The zero-order valence-corrected chi connectivity index (χ0v) is 44.0. The number of hydrogen-bond donors (Lipinski definition) is 0. The van der Waals surface area contributed by atoms with Crippen molar-refractivity contribution in [1.82, 2.24) is 29.1 Å². The molecule has 5 aromatic heterocycles. The van der Waals surface area contributed by atoms with Gasteiger partial charge in [0.1, 0.15) is 11.0 Å². The van der Waals surface area contributed by atoms with Gasteiger partial charge in [0, 0.05) is 78.2 Å². The van der Waals surface area contributed by atoms with Crippen molar-refractivity contribution in [2.75, 3.05) is 0 Å². The summed E-state index contributed by atoms with van der Waals surface area (Å²) >= 11 is 1.93. The van der Waals surface area contributed by atoms with Gasteiger partial charge in [-0.15, -0.1) is 11.3 Å². The summed E-state index contributed by atoms with van der Waals surface area (Å²) in [5.41, 5.74) is 22.1. The molecule has 16 rings (SSSR count). The standard InChI is InChI=1S/C72H46N6S/c1-43-57(46-17-6-3-7-18-46)41-60(56-32-31-52(53-26-14-15-27-55(53)56)47-29-33-63-61(39-47)67-71(75-37-35-73-67)77(63)49-21-8-4-9-22-49)70-65(43)66-44(2)58(42-59(69(66)79-70)54-28-16-20-45-19-12-13-25-51(45)54)48-30-34-64-62(40-48)68-72(76-38-36-74-68)78(64)50-23-10-5-11-24-50/h3-42H,1-2H3. The summed E-state index contributed by atoms with van der Waals surface area (Å²) in [4.78, 5) is 19.6. The van der Waals surface area contributed by atoms with Crippen molar-refractivity contribution in [3.63, 3.8) is 0 Å². The van der Waals surface area contributed by atoms with Crippen LogP contribution in [0.25, 0.3) is 153 Å². The van der Waals surface area contributed by atoms with E-state index in [4.69, 9.17) is 19.9 Å². The molecule has 5 heterocycles. The van der Waals surface area contributed by atoms with Crippen LogP contribution in [-0.2, 0) is 0 Å². The van der Waals surface area contributed by atoms with Crippen molar-refractivity contribution in [2.45, 2.75) is 13.8 Å². The highest BCUT2D eigenvalue weighted by Gasteiger charge is 2.26. The van der Waals surface area contributed by atoms with E-state index >= 15 is 0 Å². The largest absolute Gasteiger partial charge is 0.293 e. The van der Waals surface area contributed by atoms with Gasteiger partial charge in [-0.2, -0.15) is 0 Å². The predicted octanol–water partition coefficient (Wildman–Crippen LogP) is 19.1. The van der Waals surface area contributed by atoms with E-state index in [-0.39, 0.29) is 0 Å². The van der Waals surface area contributed by atoms with E-state index in [1.807, 2.05) is 17.4 Å². The van der Waals surface area contributed by atoms with Gasteiger partial charge in [0.05, 0.1) is 11.0 Å². The van der Waals surface area contributed by atoms with Gasteiger partial charge >= 0.3 is 0 Å². The van der Waals surface area contributed by atoms with Crippen LogP contribution in [0, 0.1) is 13.8 Å². The third-order valence-corrected chi connectivity index (χ3v) is 17.6. The molecular formula is C72H46N6S. The Balaban J connectivity index is 0.966. The van der Waals surface area contributed by atoms with Gasteiger partial charge in [0.25, 0.3) is 0 Å². The third-order valence-electron chi connectivity index (χ3n) is 16.3. The second-order valence-electron chi connectivity index (χ2n) is 20.6. The van der Waals surface area contributed by atoms with Crippen LogP contribution in [0.4, 0.5) is 0 Å². The first-order valence-corrected chi connectivity index (χ1v) is 27.6. The molecular weight excluding hydrogens is 981 g/mol. The Morgan fingerprint density at radius 1 is 0.316 bits per heavy atom. The number of fused-ring (bicyclic) bond motifs is 11. The van der Waals surface area contributed by atoms with Gasteiger partial charge in [-0.05, 0) is 152 Å². The summed E-state index contributed by atoms with van der Waals surface area (Å²) in [7, 11) is 0. The zero-order chi connectivity index (χ0) is 52.3. The average Bonchev–Trinajstić information content (AvgIpc) is 4.38. The highest BCUT2D eigenvalue weighted by molar-refractivity contribution is 7.27. The Morgan fingerprint density at radius 3 is 1.34 bits per heavy atom. The van der Waals surface area contributed by atoms with Crippen molar-refractivity contribution in [3.8, 4) is 67.0 Å². The fourth-order valence-electron chi connectivity index (χ4n) is 12.7. The topological polar surface area (TPSA) is 61.4 Å². The van der Waals surface area contributed by atoms with Crippen molar-refractivity contribution in [3.05, 3.63) is 254 Å². The molecule has 0 aliphatic rings. The molecule has 0 N–H and O–H groups in total. The lowest BCUT2D eigenvalue weighted by molar-refractivity contribution is 1.12. The molecule has 0 atom stereocenters. The number of hydrogen-bond acceptors (Lipinski definition) is 5. The summed E-state index contributed by atoms with van der Waals surface area (Å²) in [6.07, 6.45) is 7.17. The Labute approximate surface area is 458 Å². The van der Waals surface area contributed by atoms with Crippen LogP contribution in [0.2, 0.25) is 0 Å². The van der Waals surface area contributed by atoms with Crippen LogP contribution in [0.3, 0.4) is 0 Å². The molecule has 0 bridgehead atoms. The number of aromatic nitrogens is 6. The monoisotopic (exact) mass is 1030 g/mol. The van der Waals surface area contributed by atoms with Gasteiger partial charge in [0.15, 0.2) is 11.3 Å². The maximum absolute atomic E-state index is 4.97. The number of nitrogens with zero attached hydrogens (tertiary/aromatic N) is 6. The van der Waals surface area contributed by atoms with Gasteiger partial charge in [-0.1, -0.05) is 158 Å². The lowest BCUT2D eigenvalue weighted by atomic mass is 9.85. The Morgan fingerprint density at radius 2 is 0.759 bits per heavy atom. The summed E-state index contributed by atoms with van der Waals surface area (Å²) in [6, 6.07) is 79.7. The predicted molar refractivity (Wildman–Crippen MR) is 331 cm³/mol. The van der Waals surface area contributed by atoms with Gasteiger partial charge in [-0.25, -0.2) is 9.97 Å². The first-order valence-electron chi connectivity index (χ1n) is 26.8. The van der Waals surface area contributed by atoms with Crippen LogP contribution in [0.5, 0.6) is 0 Å². The maximum atomic E-state index is 4.97. The van der Waals surface area contributed by atoms with Gasteiger partial charge < -0.3 is 0 Å². The van der Waals surface area contributed by atoms with E-state index in [9.17, 15) is 0 Å². The quantitative estimate of drug-likeness (QED) is 0.160. The van der Waals surface area contributed by atoms with E-state index in [0.29, 0.717) is 0 Å². The van der Waals surface area contributed by atoms with E-state index in [1.54, 1.807) is 24.8 Å². The third kappa shape index (κ3) is 6.89. The molecule has 0 radical (unpaired) electrons. The first-order chi connectivity index (χ1) is 39.1. The average molecular weight is 1030 g/mol. The van der Waals surface area contributed by atoms with Crippen molar-refractivity contribution >= 4 is 97.2 Å². The molecule has 6 nitrogen and oxygen atoms in total.